The Bertz CT molecular complexity index is 1990. The zero-order valence-electron chi connectivity index (χ0n) is 27.8. The molecule has 258 valence electrons. The van der Waals surface area contributed by atoms with Gasteiger partial charge in [0, 0.05) is 53.6 Å². The Morgan fingerprint density at radius 2 is 1.94 bits per heavy atom. The summed E-state index contributed by atoms with van der Waals surface area (Å²) in [6, 6.07) is 15.9. The van der Waals surface area contributed by atoms with Gasteiger partial charge in [-0.3, -0.25) is 9.69 Å². The molecule has 1 amide bonds. The van der Waals surface area contributed by atoms with Crippen molar-refractivity contribution in [3.05, 3.63) is 112 Å². The molecule has 2 aromatic carbocycles. The zero-order chi connectivity index (χ0) is 35.8. The molecule has 15 heteroatoms. The monoisotopic (exact) mass is 701 g/mol. The second-order valence-corrected chi connectivity index (χ2v) is 12.3. The lowest BCUT2D eigenvalue weighted by Gasteiger charge is -2.22. The van der Waals surface area contributed by atoms with Crippen molar-refractivity contribution in [2.24, 2.45) is 0 Å². The number of pyridine rings is 1. The maximum Gasteiger partial charge on any atom is 0.418 e. The molecule has 50 heavy (non-hydrogen) atoms. The van der Waals surface area contributed by atoms with Crippen molar-refractivity contribution in [1.29, 1.82) is 5.26 Å². The number of halogens is 2. The first-order valence-electron chi connectivity index (χ1n) is 15.6. The average molecular weight is 702 g/mol. The molecule has 3 atom stereocenters. The maximum atomic E-state index is 15.2. The van der Waals surface area contributed by atoms with E-state index in [0.717, 1.165) is 17.7 Å². The van der Waals surface area contributed by atoms with Crippen LogP contribution in [0.5, 0.6) is 0 Å². The molecule has 1 N–H and O–H groups in total. The fourth-order valence-corrected chi connectivity index (χ4v) is 6.19. The van der Waals surface area contributed by atoms with Gasteiger partial charge in [-0.15, -0.1) is 16.0 Å². The number of thiazole rings is 1. The van der Waals surface area contributed by atoms with Crippen molar-refractivity contribution < 1.29 is 32.4 Å². The Morgan fingerprint density at radius 3 is 2.68 bits per heavy atom. The summed E-state index contributed by atoms with van der Waals surface area (Å²) in [6.07, 6.45) is 3.08. The number of esters is 1. The van der Waals surface area contributed by atoms with Gasteiger partial charge in [-0.1, -0.05) is 25.1 Å². The summed E-state index contributed by atoms with van der Waals surface area (Å²) in [4.78, 5) is 35.3. The number of ether oxygens (including phenoxy) is 2. The SMILES string of the molecule is CNCC(=O)OCc1cccnc1N(C)C(=O)OC(C)[n+]1cnn(CC(c2cc(F)ccc2F)C(C)c2nc(-c3ccc(C#N)cc3)cs2)c1. The summed E-state index contributed by atoms with van der Waals surface area (Å²) in [6.45, 7) is 3.68. The zero-order valence-corrected chi connectivity index (χ0v) is 28.6. The Morgan fingerprint density at radius 1 is 1.16 bits per heavy atom. The van der Waals surface area contributed by atoms with Gasteiger partial charge in [0.05, 0.1) is 28.9 Å². The molecule has 3 unspecified atom stereocenters. The van der Waals surface area contributed by atoms with Crippen molar-refractivity contribution in [3.63, 3.8) is 0 Å². The first kappa shape index (κ1) is 35.7. The predicted molar refractivity (Wildman–Crippen MR) is 180 cm³/mol. The molecule has 3 aromatic heterocycles. The average Bonchev–Trinajstić information content (AvgIpc) is 3.81. The third kappa shape index (κ3) is 8.52. The Labute approximate surface area is 291 Å². The molecule has 0 radical (unpaired) electrons. The highest BCUT2D eigenvalue weighted by atomic mass is 32.1. The van der Waals surface area contributed by atoms with E-state index in [1.54, 1.807) is 53.8 Å². The van der Waals surface area contributed by atoms with E-state index in [9.17, 15) is 14.0 Å². The van der Waals surface area contributed by atoms with Crippen molar-refractivity contribution in [2.45, 2.75) is 45.1 Å². The first-order valence-corrected chi connectivity index (χ1v) is 16.5. The quantitative estimate of drug-likeness (QED) is 0.125. The minimum atomic E-state index is -0.810. The van der Waals surface area contributed by atoms with E-state index in [2.05, 4.69) is 21.5 Å². The number of aromatic nitrogens is 5. The van der Waals surface area contributed by atoms with Gasteiger partial charge in [0.2, 0.25) is 12.6 Å². The smallest absolute Gasteiger partial charge is 0.418 e. The Hall–Kier alpha value is -5.59. The fourth-order valence-electron chi connectivity index (χ4n) is 5.24. The number of benzene rings is 2. The maximum absolute atomic E-state index is 15.2. The minimum Gasteiger partial charge on any atom is -0.460 e. The molecule has 0 aliphatic heterocycles. The molecule has 0 spiro atoms. The fraction of sp³-hybridized carbons (Fsp3) is 0.286. The van der Waals surface area contributed by atoms with Crippen LogP contribution in [0.3, 0.4) is 0 Å². The Balaban J connectivity index is 1.32. The molecular formula is C35H35F2N8O4S+. The van der Waals surface area contributed by atoms with Crippen LogP contribution in [0.1, 0.15) is 53.6 Å². The second kappa shape index (κ2) is 16.2. The standard InChI is InChI=1S/C35H35F2N8O4S/c1-22(34-42-31(19-50-34)25-9-7-24(15-38)8-10-25)29(28-14-27(36)11-12-30(28)37)17-45-21-44(20-41-45)23(2)49-35(47)43(4)33-26(6-5-13-40-33)18-48-32(46)16-39-3/h5-14,19-23,29,39H,16-18H2,1-4H3/q+1. The number of hydrogen-bond acceptors (Lipinski definition) is 10. The van der Waals surface area contributed by atoms with Gasteiger partial charge in [0.1, 0.15) is 30.6 Å². The Kier molecular flexibility index (Phi) is 11.6. The number of nitrogens with zero attached hydrogens (tertiary/aromatic N) is 7. The van der Waals surface area contributed by atoms with Crippen LogP contribution in [0.25, 0.3) is 11.3 Å². The van der Waals surface area contributed by atoms with Crippen molar-refractivity contribution >= 4 is 29.2 Å². The number of rotatable bonds is 13. The molecule has 12 nitrogen and oxygen atoms in total. The van der Waals surface area contributed by atoms with E-state index in [1.807, 2.05) is 24.4 Å². The van der Waals surface area contributed by atoms with Crippen LogP contribution >= 0.6 is 11.3 Å². The van der Waals surface area contributed by atoms with Crippen LogP contribution in [0.15, 0.2) is 78.8 Å². The van der Waals surface area contributed by atoms with Crippen LogP contribution < -0.4 is 14.8 Å². The second-order valence-electron chi connectivity index (χ2n) is 11.5. The van der Waals surface area contributed by atoms with Crippen molar-refractivity contribution in [1.82, 2.24) is 25.1 Å². The molecule has 3 heterocycles. The summed E-state index contributed by atoms with van der Waals surface area (Å²) >= 11 is 1.41. The molecule has 0 saturated carbocycles. The summed E-state index contributed by atoms with van der Waals surface area (Å²) in [5, 5.41) is 18.9. The van der Waals surface area contributed by atoms with Gasteiger partial charge >= 0.3 is 12.1 Å². The molecule has 0 fully saturated rings. The summed E-state index contributed by atoms with van der Waals surface area (Å²) < 4.78 is 43.8. The van der Waals surface area contributed by atoms with Gasteiger partial charge < -0.3 is 14.8 Å². The number of likely N-dealkylation sites (N-methyl/N-ethyl adjacent to an activating group) is 1. The molecular weight excluding hydrogens is 666 g/mol. The predicted octanol–water partition coefficient (Wildman–Crippen LogP) is 5.48. The van der Waals surface area contributed by atoms with E-state index < -0.39 is 35.8 Å². The van der Waals surface area contributed by atoms with Crippen molar-refractivity contribution in [2.75, 3.05) is 25.5 Å². The van der Waals surface area contributed by atoms with Crippen molar-refractivity contribution in [3.8, 4) is 17.3 Å². The number of hydrogen-bond donors (Lipinski definition) is 1. The summed E-state index contributed by atoms with van der Waals surface area (Å²) in [7, 11) is 3.13. The molecule has 5 aromatic rings. The van der Waals surface area contributed by atoms with E-state index in [4.69, 9.17) is 19.7 Å². The topological polar surface area (TPSA) is 139 Å². The summed E-state index contributed by atoms with van der Waals surface area (Å²) in [5.41, 5.74) is 2.78. The lowest BCUT2D eigenvalue weighted by molar-refractivity contribution is -0.753. The normalized spacial score (nSPS) is 12.8. The number of carbonyl (C=O) groups is 2. The molecule has 0 aliphatic rings. The van der Waals surface area contributed by atoms with E-state index in [0.29, 0.717) is 21.8 Å². The molecule has 0 bridgehead atoms. The van der Waals surface area contributed by atoms with Crippen LogP contribution in [-0.2, 0) is 27.4 Å². The molecule has 0 saturated heterocycles. The minimum absolute atomic E-state index is 0.0402. The summed E-state index contributed by atoms with van der Waals surface area (Å²) in [5.74, 6) is -2.23. The number of carbonyl (C=O) groups excluding carboxylic acids is 2. The number of amides is 1. The van der Waals surface area contributed by atoms with E-state index in [-0.39, 0.29) is 37.0 Å². The number of anilines is 1. The highest BCUT2D eigenvalue weighted by molar-refractivity contribution is 7.10. The van der Waals surface area contributed by atoms with Gasteiger partial charge in [0.25, 0.3) is 6.33 Å². The third-order valence-corrected chi connectivity index (χ3v) is 9.07. The number of nitriles is 1. The highest BCUT2D eigenvalue weighted by Gasteiger charge is 2.30. The van der Waals surface area contributed by atoms with Crippen LogP contribution in [-0.4, -0.2) is 52.5 Å². The third-order valence-electron chi connectivity index (χ3n) is 8.03. The first-order chi connectivity index (χ1) is 24.1. The lowest BCUT2D eigenvalue weighted by Crippen LogP contribution is -2.41. The van der Waals surface area contributed by atoms with Crippen LogP contribution in [0.2, 0.25) is 0 Å². The van der Waals surface area contributed by atoms with Gasteiger partial charge in [-0.2, -0.15) is 9.83 Å². The van der Waals surface area contributed by atoms with E-state index in [1.165, 1.54) is 41.9 Å². The van der Waals surface area contributed by atoms with E-state index >= 15 is 4.39 Å². The van der Waals surface area contributed by atoms with Gasteiger partial charge in [-0.05, 0) is 49.0 Å². The largest absolute Gasteiger partial charge is 0.460 e. The molecule has 5 rings (SSSR count). The van der Waals surface area contributed by atoms with Crippen LogP contribution in [0, 0.1) is 23.0 Å². The highest BCUT2D eigenvalue weighted by Crippen LogP contribution is 2.38. The molecule has 0 aliphatic carbocycles. The van der Waals surface area contributed by atoms with Gasteiger partial charge in [-0.25, -0.2) is 23.5 Å². The van der Waals surface area contributed by atoms with Gasteiger partial charge in [0.15, 0.2) is 0 Å². The lowest BCUT2D eigenvalue weighted by atomic mass is 9.87. The van der Waals surface area contributed by atoms with Crippen LogP contribution in [0.4, 0.5) is 19.4 Å². The number of nitrogens with one attached hydrogen (secondary N) is 1.